The molecule has 0 bridgehead atoms. The Morgan fingerprint density at radius 2 is 0.681 bits per heavy atom. The zero-order valence-electron chi connectivity index (χ0n) is 84.9. The van der Waals surface area contributed by atoms with Crippen LogP contribution in [0.5, 0.6) is 0 Å². The maximum Gasteiger partial charge on any atom is 0.407 e. The Morgan fingerprint density at radius 3 is 0.958 bits per heavy atom. The molecule has 0 saturated heterocycles. The van der Waals surface area contributed by atoms with E-state index in [2.05, 4.69) is 130 Å². The van der Waals surface area contributed by atoms with Crippen LogP contribution < -0.4 is 66.2 Å². The second kappa shape index (κ2) is 59.0. The molecule has 0 unspecified atom stereocenters. The van der Waals surface area contributed by atoms with Gasteiger partial charge in [0.25, 0.3) is 34.4 Å². The zero-order valence-corrected chi connectivity index (χ0v) is 87.9. The van der Waals surface area contributed by atoms with Gasteiger partial charge >= 0.3 is 48.0 Å². The fraction of sp³-hybridized carbons (Fsp3) is 0.515. The number of aliphatic carboxylic acids is 1. The number of carbonyl (C=O) groups is 11. The van der Waals surface area contributed by atoms with Crippen molar-refractivity contribution in [3.63, 3.8) is 0 Å². The number of nitrogen functional groups attached to an aromatic ring is 3. The third-order valence-corrected chi connectivity index (χ3v) is 26.0. The van der Waals surface area contributed by atoms with Crippen LogP contribution in [0.1, 0.15) is 145 Å². The molecular formula is C97H144N18O26Si3. The first-order valence-corrected chi connectivity index (χ1v) is 58.8. The predicted octanol–water partition coefficient (Wildman–Crippen LogP) is 8.34. The van der Waals surface area contributed by atoms with Gasteiger partial charge in [-0.15, -0.1) is 0 Å². The monoisotopic (exact) mass is 2060 g/mol. The highest BCUT2D eigenvalue weighted by atomic mass is 28.3. The first kappa shape index (κ1) is 119. The average molecular weight is 2060 g/mol. The van der Waals surface area contributed by atoms with Gasteiger partial charge in [-0.2, -0.15) is 15.0 Å². The molecule has 6 aromatic heterocycles. The molecule has 9 rings (SSSR count). The van der Waals surface area contributed by atoms with Gasteiger partial charge in [0.2, 0.25) is 17.8 Å². The number of hydrogen-bond acceptors (Lipinski definition) is 32. The highest BCUT2D eigenvalue weighted by molar-refractivity contribution is 6.76. The van der Waals surface area contributed by atoms with Crippen LogP contribution in [0.15, 0.2) is 106 Å². The first-order valence-electron chi connectivity index (χ1n) is 47.6. The fourth-order valence-electron chi connectivity index (χ4n) is 13.3. The number of nitrogens with zero attached hydrogens (tertiary/aromatic N) is 3. The number of nitrogens with two attached hydrogens (primary N) is 4. The third-order valence-electron chi connectivity index (χ3n) is 20.9. The number of carboxylic acid groups (broad SMARTS) is 1. The number of amides is 5. The fourth-order valence-corrected chi connectivity index (χ4v) is 15.4. The van der Waals surface area contributed by atoms with Gasteiger partial charge in [-0.25, -0.2) is 24.0 Å². The number of H-pyrrole nitrogens is 6. The van der Waals surface area contributed by atoms with Crippen LogP contribution >= 0.6 is 0 Å². The van der Waals surface area contributed by atoms with E-state index in [-0.39, 0.29) is 146 Å². The van der Waals surface area contributed by atoms with Crippen LogP contribution in [-0.2, 0) is 115 Å². The number of fused-ring (bicyclic) bond motifs is 3. The summed E-state index contributed by atoms with van der Waals surface area (Å²) in [6.45, 7) is 33.5. The highest BCUT2D eigenvalue weighted by Gasteiger charge is 2.31. The highest BCUT2D eigenvalue weighted by Crippen LogP contribution is 2.23. The summed E-state index contributed by atoms with van der Waals surface area (Å²) < 4.78 is 52.3. The molecule has 0 fully saturated rings. The lowest BCUT2D eigenvalue weighted by molar-refractivity contribution is -0.149. The summed E-state index contributed by atoms with van der Waals surface area (Å²) in [6, 6.07) is 19.9. The van der Waals surface area contributed by atoms with Crippen molar-refractivity contribution in [3.05, 3.63) is 173 Å². The van der Waals surface area contributed by atoms with Crippen molar-refractivity contribution >= 4 is 141 Å². The number of carboxylic acids is 1. The van der Waals surface area contributed by atoms with Crippen LogP contribution in [0.3, 0.4) is 0 Å². The summed E-state index contributed by atoms with van der Waals surface area (Å²) in [7, 11) is -4.33. The molecule has 5 amide bonds. The van der Waals surface area contributed by atoms with Gasteiger partial charge in [-0.05, 0) is 187 Å². The summed E-state index contributed by atoms with van der Waals surface area (Å²) in [5.41, 5.74) is 27.7. The van der Waals surface area contributed by atoms with Crippen LogP contribution in [0, 0.1) is 0 Å². The van der Waals surface area contributed by atoms with E-state index in [0.717, 1.165) is 51.5 Å². The number of aromatic amines is 6. The number of hydrogen-bond donors (Lipinski definition) is 17. The van der Waals surface area contributed by atoms with E-state index in [4.69, 9.17) is 80.5 Å². The number of ether oxygens (including phenoxy) is 10. The number of aliphatic hydroxyl groups is 1. The van der Waals surface area contributed by atoms with Crippen molar-refractivity contribution in [1.29, 1.82) is 0 Å². The number of esters is 5. The molecule has 0 spiro atoms. The predicted molar refractivity (Wildman–Crippen MR) is 550 cm³/mol. The lowest BCUT2D eigenvalue weighted by Gasteiger charge is -2.20. The van der Waals surface area contributed by atoms with Crippen LogP contribution in [-0.4, -0.2) is 273 Å². The minimum Gasteiger partial charge on any atom is -0.481 e. The molecular weight excluding hydrogens is 1920 g/mol. The van der Waals surface area contributed by atoms with Crippen molar-refractivity contribution in [1.82, 2.24) is 71.4 Å². The molecule has 0 aliphatic rings. The molecule has 3 aromatic carbocycles. The Hall–Kier alpha value is -13.5. The second-order valence-electron chi connectivity index (χ2n) is 39.2. The lowest BCUT2D eigenvalue weighted by Crippen LogP contribution is -2.42. The van der Waals surface area contributed by atoms with Gasteiger partial charge < -0.3 is 122 Å². The second-order valence-corrected chi connectivity index (χ2v) is 56.1. The molecule has 0 saturated carbocycles. The smallest absolute Gasteiger partial charge is 0.407 e. The Balaban J connectivity index is 0.000000311. The zero-order chi connectivity index (χ0) is 106. The Morgan fingerprint density at radius 1 is 0.389 bits per heavy atom. The summed E-state index contributed by atoms with van der Waals surface area (Å²) in [4.78, 5) is 201. The number of anilines is 3. The van der Waals surface area contributed by atoms with Crippen molar-refractivity contribution in [2.45, 2.75) is 225 Å². The number of aryl methyl sites for hydroxylation is 6. The molecule has 6 heterocycles. The van der Waals surface area contributed by atoms with E-state index < -0.39 is 119 Å². The number of aliphatic hydroxyl groups excluding tert-OH is 1. The number of aromatic nitrogens is 9. The van der Waals surface area contributed by atoms with Crippen LogP contribution in [0.4, 0.5) is 27.4 Å². The quantitative estimate of drug-likeness (QED) is 0.00736. The van der Waals surface area contributed by atoms with Crippen molar-refractivity contribution in [3.8, 4) is 0 Å². The maximum absolute atomic E-state index is 13.2. The van der Waals surface area contributed by atoms with Crippen molar-refractivity contribution < 1.29 is 110 Å². The first-order chi connectivity index (χ1) is 67.8. The van der Waals surface area contributed by atoms with E-state index in [1.165, 1.54) is 0 Å². The summed E-state index contributed by atoms with van der Waals surface area (Å²) in [5, 5.41) is 32.0. The number of rotatable bonds is 52. The van der Waals surface area contributed by atoms with Crippen LogP contribution in [0.25, 0.3) is 33.1 Å². The van der Waals surface area contributed by atoms with Gasteiger partial charge in [-0.1, -0.05) is 95.3 Å². The standard InChI is InChI=1S/C34H50N6O9Si.C29H42N6O7Si.C25H33N5O6Si.C9H19NO4/c1-34(2,3)49-33(45)36-15-16-46-17-18-47-26(41)14-13-25(31(44)48-19-20-50(4,5)6)38-29(42)23-10-7-22(8-11-23)9-12-24-21-37-28-27(24)30(43)40-32(35)39-28;1-43(2,3)17-16-42-28(39)22(10-11-23(36)41-15-14-40-13-12-30)33-26(37)20-7-4-19(5-8-20)6-9-21-18-32-25-24(21)27(38)35-29(31)34-25;1-37(2,3)13-12-36-24(35)18(10-11-19(31)32)28-22(33)16-7-4-15(5-8-16)6-9-17-14-27-21-20(17)23(34)30-25(26)29-21;1-9(2,3)14-8(12)10-4-6-13-7-5-11/h7-8,10-11,21,25H,9,12-20H2,1-6H3,(H,36,45)(H,38,42)(H4,35,37,39,40,43);4-5,7-8,18,22H,6,9-17,30H2,1-3H3,(H,33,37)(H4,31,32,34,35,38);4-5,7-8,14,18H,6,9-13H2,1-3H3,(H,28,33)(H,31,32)(H4,26,27,29,30,34);11H,4-7H2,1-3H3,(H,10,12)/t25-;22-;18-;/m111./s1. The van der Waals surface area contributed by atoms with Gasteiger partial charge in [0.05, 0.1) is 82.2 Å². The molecule has 790 valence electrons. The SMILES string of the molecule is CC(C)(C)OC(=O)NCCOCCO.CC(C)(C)OC(=O)NCCOCCOC(=O)CC[C@@H](NC(=O)c1ccc(CCc2c[nH]c3nc(N)[nH]c(=O)c23)cc1)C(=O)OCC[Si](C)(C)C.C[Si](C)(C)CCOC(=O)[C@@H](CCC(=O)O)NC(=O)c1ccc(CCc2c[nH]c3nc(N)[nH]c(=O)c23)cc1.C[Si](C)(C)CCOC(=O)[C@@H](CCC(=O)OCCOCCN)NC(=O)c1ccc(CCc2c[nH]c3nc(N)[nH]c(=O)c23)cc1. The van der Waals surface area contributed by atoms with E-state index in [1.54, 1.807) is 121 Å². The molecule has 0 radical (unpaired) electrons. The number of alkyl carbamates (subject to hydrolysis) is 2. The summed E-state index contributed by atoms with van der Waals surface area (Å²) in [6.07, 6.45) is 7.19. The Kier molecular flexibility index (Phi) is 48.8. The van der Waals surface area contributed by atoms with E-state index in [9.17, 15) is 67.1 Å². The van der Waals surface area contributed by atoms with E-state index >= 15 is 0 Å². The number of benzene rings is 3. The van der Waals surface area contributed by atoms with Crippen molar-refractivity contribution in [2.75, 3.05) is 116 Å². The van der Waals surface area contributed by atoms with Gasteiger partial charge in [0.1, 0.15) is 59.5 Å². The molecule has 0 aliphatic heterocycles. The van der Waals surface area contributed by atoms with Gasteiger partial charge in [0.15, 0.2) is 0 Å². The van der Waals surface area contributed by atoms with E-state index in [0.29, 0.717) is 115 Å². The average Bonchev–Trinajstić information content (AvgIpc) is 1.66. The molecule has 21 N–H and O–H groups in total. The largest absolute Gasteiger partial charge is 0.481 e. The lowest BCUT2D eigenvalue weighted by atomic mass is 10.0. The Labute approximate surface area is 837 Å². The van der Waals surface area contributed by atoms with Crippen LogP contribution in [0.2, 0.25) is 77.1 Å². The summed E-state index contributed by atoms with van der Waals surface area (Å²) in [5.74, 6) is -5.28. The minimum atomic E-state index is -1.48. The topological polar surface area (TPSA) is 669 Å². The molecule has 44 nitrogen and oxygen atoms in total. The molecule has 3 atom stereocenters. The normalized spacial score (nSPS) is 12.1. The number of nitrogens with one attached hydrogen (secondary N) is 11. The molecule has 0 aliphatic carbocycles. The minimum absolute atomic E-state index is 0.00750. The van der Waals surface area contributed by atoms with E-state index in [1.807, 2.05) is 12.1 Å². The third kappa shape index (κ3) is 46.3. The number of carbonyl (C=O) groups excluding carboxylic acids is 10. The van der Waals surface area contributed by atoms with Crippen molar-refractivity contribution in [2.24, 2.45) is 5.73 Å². The molecule has 144 heavy (non-hydrogen) atoms. The Bertz CT molecular complexity index is 5850. The molecule has 47 heteroatoms. The molecule has 9 aromatic rings. The van der Waals surface area contributed by atoms with Gasteiger partial charge in [-0.3, -0.25) is 58.1 Å². The maximum atomic E-state index is 13.2. The van der Waals surface area contributed by atoms with Gasteiger partial charge in [0, 0.05) is 98.4 Å². The summed E-state index contributed by atoms with van der Waals surface area (Å²) >= 11 is 0.